The second kappa shape index (κ2) is 7.39. The molecule has 1 aromatic rings. The lowest BCUT2D eigenvalue weighted by Crippen LogP contribution is -2.26. The van der Waals surface area contributed by atoms with Crippen molar-refractivity contribution in [1.29, 1.82) is 0 Å². The topological polar surface area (TPSA) is 58.2 Å². The summed E-state index contributed by atoms with van der Waals surface area (Å²) in [5.74, 6) is 0. The molecule has 1 rings (SSSR count). The third-order valence-electron chi connectivity index (χ3n) is 2.51. The Kier molecular flexibility index (Phi) is 6.44. The first-order chi connectivity index (χ1) is 9.26. The van der Waals surface area contributed by atoms with Gasteiger partial charge in [-0.15, -0.1) is 11.3 Å². The van der Waals surface area contributed by atoms with Gasteiger partial charge >= 0.3 is 6.18 Å². The van der Waals surface area contributed by atoms with Gasteiger partial charge in [-0.2, -0.15) is 13.2 Å². The maximum absolute atomic E-state index is 12.0. The lowest BCUT2D eigenvalue weighted by Gasteiger charge is -2.08. The fourth-order valence-electron chi connectivity index (χ4n) is 1.59. The lowest BCUT2D eigenvalue weighted by molar-refractivity contribution is -0.135. The SMILES string of the molecule is CNCc1sccc1S(=O)(=O)NCCCCC(F)(F)F. The largest absolute Gasteiger partial charge is 0.389 e. The van der Waals surface area contributed by atoms with Crippen molar-refractivity contribution in [2.24, 2.45) is 0 Å². The first kappa shape index (κ1) is 17.4. The van der Waals surface area contributed by atoms with Crippen LogP contribution in [0.5, 0.6) is 0 Å². The highest BCUT2D eigenvalue weighted by atomic mass is 32.2. The normalized spacial score (nSPS) is 12.8. The van der Waals surface area contributed by atoms with Crippen molar-refractivity contribution in [2.45, 2.75) is 36.9 Å². The number of nitrogens with one attached hydrogen (secondary N) is 2. The molecule has 4 nitrogen and oxygen atoms in total. The van der Waals surface area contributed by atoms with Crippen LogP contribution in [-0.4, -0.2) is 28.2 Å². The van der Waals surface area contributed by atoms with Crippen molar-refractivity contribution in [3.63, 3.8) is 0 Å². The quantitative estimate of drug-likeness (QED) is 0.720. The number of alkyl halides is 3. The number of halogens is 3. The second-order valence-corrected chi connectivity index (χ2v) is 6.94. The Morgan fingerprint density at radius 2 is 2.00 bits per heavy atom. The summed E-state index contributed by atoms with van der Waals surface area (Å²) in [5.41, 5.74) is 0. The molecule has 20 heavy (non-hydrogen) atoms. The average Bonchev–Trinajstić information content (AvgIpc) is 2.76. The minimum absolute atomic E-state index is 0.00720. The van der Waals surface area contributed by atoms with Gasteiger partial charge in [-0.3, -0.25) is 0 Å². The summed E-state index contributed by atoms with van der Waals surface area (Å²) in [5, 5.41) is 4.54. The van der Waals surface area contributed by atoms with Crippen LogP contribution in [0.15, 0.2) is 16.3 Å². The zero-order valence-electron chi connectivity index (χ0n) is 11.0. The highest BCUT2D eigenvalue weighted by Crippen LogP contribution is 2.23. The van der Waals surface area contributed by atoms with Crippen LogP contribution in [0.3, 0.4) is 0 Å². The molecule has 0 aliphatic heterocycles. The van der Waals surface area contributed by atoms with Crippen molar-refractivity contribution in [1.82, 2.24) is 10.0 Å². The molecule has 0 fully saturated rings. The Bertz CT molecular complexity index is 512. The van der Waals surface area contributed by atoms with E-state index >= 15 is 0 Å². The van der Waals surface area contributed by atoms with Gasteiger partial charge in [0.05, 0.1) is 4.90 Å². The Labute approximate surface area is 120 Å². The highest BCUT2D eigenvalue weighted by Gasteiger charge is 2.26. The van der Waals surface area contributed by atoms with E-state index in [-0.39, 0.29) is 24.3 Å². The van der Waals surface area contributed by atoms with Crippen molar-refractivity contribution in [3.05, 3.63) is 16.3 Å². The van der Waals surface area contributed by atoms with Crippen molar-refractivity contribution in [2.75, 3.05) is 13.6 Å². The molecule has 0 aliphatic carbocycles. The maximum Gasteiger partial charge on any atom is 0.389 e. The summed E-state index contributed by atoms with van der Waals surface area (Å²) in [6.45, 7) is 0.440. The van der Waals surface area contributed by atoms with E-state index in [1.54, 1.807) is 12.4 Å². The molecule has 0 amide bonds. The van der Waals surface area contributed by atoms with Crippen LogP contribution in [0.1, 0.15) is 24.1 Å². The Morgan fingerprint density at radius 1 is 1.30 bits per heavy atom. The lowest BCUT2D eigenvalue weighted by atomic mass is 10.2. The van der Waals surface area contributed by atoms with Crippen LogP contribution in [-0.2, 0) is 16.6 Å². The van der Waals surface area contributed by atoms with Crippen molar-refractivity contribution >= 4 is 21.4 Å². The number of rotatable bonds is 8. The number of sulfonamides is 1. The zero-order chi connectivity index (χ0) is 15.2. The van der Waals surface area contributed by atoms with E-state index in [1.807, 2.05) is 0 Å². The standard InChI is InChI=1S/C11H17F3N2O2S2/c1-15-8-9-10(4-7-19-9)20(17,18)16-6-3-2-5-11(12,13)14/h4,7,15-16H,2-3,5-6,8H2,1H3. The number of hydrogen-bond acceptors (Lipinski definition) is 4. The van der Waals surface area contributed by atoms with Crippen LogP contribution in [0, 0.1) is 0 Å². The van der Waals surface area contributed by atoms with Gasteiger partial charge < -0.3 is 5.32 Å². The highest BCUT2D eigenvalue weighted by molar-refractivity contribution is 7.89. The van der Waals surface area contributed by atoms with Crippen molar-refractivity contribution < 1.29 is 21.6 Å². The van der Waals surface area contributed by atoms with E-state index in [9.17, 15) is 21.6 Å². The molecular weight excluding hydrogens is 313 g/mol. The molecule has 9 heteroatoms. The van der Waals surface area contributed by atoms with E-state index in [0.717, 1.165) is 0 Å². The number of hydrogen-bond donors (Lipinski definition) is 2. The van der Waals surface area contributed by atoms with Gasteiger partial charge in [0.25, 0.3) is 0 Å². The maximum atomic E-state index is 12.0. The van der Waals surface area contributed by atoms with Gasteiger partial charge in [-0.05, 0) is 31.3 Å². The first-order valence-electron chi connectivity index (χ1n) is 6.03. The molecule has 1 heterocycles. The van der Waals surface area contributed by atoms with Crippen LogP contribution in [0.4, 0.5) is 13.2 Å². The van der Waals surface area contributed by atoms with Crippen LogP contribution in [0.2, 0.25) is 0 Å². The molecule has 2 N–H and O–H groups in total. The van der Waals surface area contributed by atoms with E-state index in [4.69, 9.17) is 0 Å². The molecule has 0 saturated carbocycles. The zero-order valence-corrected chi connectivity index (χ0v) is 12.6. The monoisotopic (exact) mass is 330 g/mol. The molecule has 0 atom stereocenters. The third-order valence-corrected chi connectivity index (χ3v) is 5.11. The van der Waals surface area contributed by atoms with Gasteiger partial charge in [0.1, 0.15) is 0 Å². The number of unbranched alkanes of at least 4 members (excludes halogenated alkanes) is 1. The van der Waals surface area contributed by atoms with Gasteiger partial charge in [-0.1, -0.05) is 0 Å². The first-order valence-corrected chi connectivity index (χ1v) is 8.40. The smallest absolute Gasteiger partial charge is 0.315 e. The summed E-state index contributed by atoms with van der Waals surface area (Å²) in [7, 11) is -1.94. The van der Waals surface area contributed by atoms with E-state index in [0.29, 0.717) is 11.4 Å². The third kappa shape index (κ3) is 5.78. The van der Waals surface area contributed by atoms with Gasteiger partial charge in [-0.25, -0.2) is 13.1 Å². The molecule has 1 aromatic heterocycles. The van der Waals surface area contributed by atoms with E-state index in [2.05, 4.69) is 10.0 Å². The Hall–Kier alpha value is -0.640. The molecule has 0 bridgehead atoms. The van der Waals surface area contributed by atoms with Crippen molar-refractivity contribution in [3.8, 4) is 0 Å². The van der Waals surface area contributed by atoms with Gasteiger partial charge in [0.15, 0.2) is 0 Å². The fraction of sp³-hybridized carbons (Fsp3) is 0.636. The molecule has 116 valence electrons. The fourth-order valence-corrected chi connectivity index (χ4v) is 4.12. The molecule has 0 radical (unpaired) electrons. The average molecular weight is 330 g/mol. The summed E-state index contributed by atoms with van der Waals surface area (Å²) in [6, 6.07) is 1.50. The molecule has 0 spiro atoms. The Balaban J connectivity index is 2.48. The van der Waals surface area contributed by atoms with Crippen LogP contribution >= 0.6 is 11.3 Å². The Morgan fingerprint density at radius 3 is 2.60 bits per heavy atom. The number of thiophene rings is 1. The summed E-state index contributed by atoms with van der Waals surface area (Å²) < 4.78 is 62.1. The molecular formula is C11H17F3N2O2S2. The minimum atomic E-state index is -4.19. The van der Waals surface area contributed by atoms with Crippen LogP contribution in [0.25, 0.3) is 0 Å². The van der Waals surface area contributed by atoms with Gasteiger partial charge in [0.2, 0.25) is 10.0 Å². The van der Waals surface area contributed by atoms with Gasteiger partial charge in [0, 0.05) is 24.4 Å². The van der Waals surface area contributed by atoms with Crippen LogP contribution < -0.4 is 10.0 Å². The molecule has 0 aliphatic rings. The second-order valence-electron chi connectivity index (χ2n) is 4.21. The predicted octanol–water partition coefficient (Wildman–Crippen LogP) is 2.48. The molecule has 0 aromatic carbocycles. The summed E-state index contributed by atoms with van der Waals surface area (Å²) in [4.78, 5) is 0.864. The molecule has 0 unspecified atom stereocenters. The van der Waals surface area contributed by atoms with E-state index < -0.39 is 22.6 Å². The summed E-state index contributed by atoms with van der Waals surface area (Å²) >= 11 is 1.32. The minimum Gasteiger partial charge on any atom is -0.315 e. The molecule has 0 saturated heterocycles. The van der Waals surface area contributed by atoms with E-state index in [1.165, 1.54) is 17.4 Å². The summed E-state index contributed by atoms with van der Waals surface area (Å²) in [6.07, 6.45) is -5.01. The predicted molar refractivity (Wildman–Crippen MR) is 72.2 cm³/mol.